The van der Waals surface area contributed by atoms with Gasteiger partial charge in [0.1, 0.15) is 0 Å². The average Bonchev–Trinajstić information content (AvgIpc) is 2.04. The molecule has 0 aromatic heterocycles. The number of hydrogen-bond donors (Lipinski definition) is 0. The van der Waals surface area contributed by atoms with E-state index in [0.717, 1.165) is 10.2 Å². The summed E-state index contributed by atoms with van der Waals surface area (Å²) in [5, 5.41) is 0. The van der Waals surface area contributed by atoms with Gasteiger partial charge in [-0.1, -0.05) is 0 Å². The molecule has 0 saturated carbocycles. The van der Waals surface area contributed by atoms with Crippen LogP contribution in [0.1, 0.15) is 13.8 Å². The summed E-state index contributed by atoms with van der Waals surface area (Å²) in [4.78, 5) is 13.5. The van der Waals surface area contributed by atoms with E-state index in [0.29, 0.717) is 13.2 Å². The van der Waals surface area contributed by atoms with E-state index in [1.807, 2.05) is 13.8 Å². The smallest absolute Gasteiger partial charge is 0.235 e. The minimum absolute atomic E-state index is 0.151. The van der Waals surface area contributed by atoms with Crippen LogP contribution < -0.4 is 0 Å². The largest absolute Gasteiger partial charge is 0.351 e. The molecule has 0 N–H and O–H groups in total. The van der Waals surface area contributed by atoms with Crippen molar-refractivity contribution < 1.29 is 14.3 Å². The summed E-state index contributed by atoms with van der Waals surface area (Å²) in [6.45, 7) is 4.89. The summed E-state index contributed by atoms with van der Waals surface area (Å²) in [5.74, 6) is 0. The Morgan fingerprint density at radius 3 is 2.25 bits per heavy atom. The number of ether oxygens (including phenoxy) is 2. The van der Waals surface area contributed by atoms with Crippen molar-refractivity contribution in [1.82, 2.24) is 0 Å². The summed E-state index contributed by atoms with van der Waals surface area (Å²) in [6, 6.07) is 0. The van der Waals surface area contributed by atoms with E-state index < -0.39 is 0 Å². The molecular weight excluding hydrogens is 174 g/mol. The lowest BCUT2D eigenvalue weighted by Crippen LogP contribution is -2.30. The van der Waals surface area contributed by atoms with E-state index >= 15 is 0 Å². The Balaban J connectivity index is 3.97. The van der Waals surface area contributed by atoms with Gasteiger partial charge >= 0.3 is 0 Å². The van der Waals surface area contributed by atoms with Crippen LogP contribution in [0.4, 0.5) is 0 Å². The van der Waals surface area contributed by atoms with Gasteiger partial charge in [-0.2, -0.15) is 0 Å². The van der Waals surface area contributed by atoms with E-state index in [9.17, 15) is 4.79 Å². The van der Waals surface area contributed by atoms with Gasteiger partial charge < -0.3 is 9.47 Å². The first-order valence-electron chi connectivity index (χ1n) is 4.06. The Bertz CT molecular complexity index is 153. The molecule has 0 aromatic rings. The Morgan fingerprint density at radius 2 is 1.92 bits per heavy atom. The average molecular weight is 189 g/mol. The number of rotatable bonds is 6. The Labute approximate surface area is 75.4 Å². The molecule has 0 rings (SSSR count). The number of aliphatic imine (C=N–C) groups is 1. The van der Waals surface area contributed by atoms with Crippen molar-refractivity contribution in [1.29, 1.82) is 0 Å². The van der Waals surface area contributed by atoms with E-state index in [4.69, 9.17) is 9.47 Å². The molecule has 0 fully saturated rings. The Morgan fingerprint density at radius 1 is 1.42 bits per heavy atom. The lowest BCUT2D eigenvalue weighted by molar-refractivity contribution is -0.135. The maximum atomic E-state index is 9.95. The zero-order valence-electron chi connectivity index (χ0n) is 7.74. The van der Waals surface area contributed by atoms with Gasteiger partial charge in [0.25, 0.3) is 0 Å². The predicted molar refractivity (Wildman–Crippen MR) is 48.9 cm³/mol. The van der Waals surface area contributed by atoms with Crippen molar-refractivity contribution in [3.8, 4) is 0 Å². The second-order valence-electron chi connectivity index (χ2n) is 2.24. The van der Waals surface area contributed by atoms with E-state index in [-0.39, 0.29) is 12.0 Å². The lowest BCUT2D eigenvalue weighted by Gasteiger charge is -2.19. The first kappa shape index (κ1) is 11.5. The molecule has 0 spiro atoms. The zero-order chi connectivity index (χ0) is 9.40. The molecule has 70 valence electrons. The summed E-state index contributed by atoms with van der Waals surface area (Å²) < 4.78 is 10.5. The molecule has 0 heterocycles. The van der Waals surface area contributed by atoms with Crippen molar-refractivity contribution in [2.24, 2.45) is 4.99 Å². The molecule has 12 heavy (non-hydrogen) atoms. The molecule has 0 radical (unpaired) electrons. The molecular formula is C7H15NO3Si. The normalized spacial score (nSPS) is 12.9. The molecule has 0 aliphatic rings. The molecule has 0 aliphatic heterocycles. The van der Waals surface area contributed by atoms with E-state index in [2.05, 4.69) is 4.99 Å². The fourth-order valence-corrected chi connectivity index (χ4v) is 1.29. The molecule has 0 aliphatic carbocycles. The SMILES string of the molecule is CCOC(OCC)C([SiH3])N=C=O. The van der Waals surface area contributed by atoms with Crippen molar-refractivity contribution in [3.05, 3.63) is 0 Å². The van der Waals surface area contributed by atoms with Gasteiger partial charge in [-0.05, 0) is 13.8 Å². The van der Waals surface area contributed by atoms with Crippen LogP contribution >= 0.6 is 0 Å². The first-order valence-corrected chi connectivity index (χ1v) is 5.21. The second-order valence-corrected chi connectivity index (χ2v) is 3.42. The maximum Gasteiger partial charge on any atom is 0.235 e. The third kappa shape index (κ3) is 4.41. The molecule has 1 unspecified atom stereocenters. The van der Waals surface area contributed by atoms with Crippen molar-refractivity contribution >= 4 is 16.3 Å². The van der Waals surface area contributed by atoms with Crippen molar-refractivity contribution in [3.63, 3.8) is 0 Å². The number of hydrogen-bond acceptors (Lipinski definition) is 4. The summed E-state index contributed by atoms with van der Waals surface area (Å²) in [6.07, 6.45) is 1.15. The fourth-order valence-electron chi connectivity index (χ4n) is 0.799. The van der Waals surface area contributed by atoms with Gasteiger partial charge in [0.2, 0.25) is 6.08 Å². The van der Waals surface area contributed by atoms with Crippen LogP contribution in [0.15, 0.2) is 4.99 Å². The topological polar surface area (TPSA) is 47.9 Å². The van der Waals surface area contributed by atoms with Crippen LogP contribution in [-0.2, 0) is 14.3 Å². The molecule has 0 aromatic carbocycles. The Hall–Kier alpha value is -0.483. The third-order valence-electron chi connectivity index (χ3n) is 1.31. The highest BCUT2D eigenvalue weighted by Crippen LogP contribution is 2.01. The van der Waals surface area contributed by atoms with Crippen LogP contribution in [0, 0.1) is 0 Å². The minimum Gasteiger partial charge on any atom is -0.351 e. The molecule has 0 amide bonds. The summed E-state index contributed by atoms with van der Waals surface area (Å²) in [7, 11) is 0.731. The molecule has 4 nitrogen and oxygen atoms in total. The van der Waals surface area contributed by atoms with Crippen LogP contribution in [0.3, 0.4) is 0 Å². The summed E-state index contributed by atoms with van der Waals surface area (Å²) in [5.41, 5.74) is -0.151. The quantitative estimate of drug-likeness (QED) is 0.243. The van der Waals surface area contributed by atoms with Crippen LogP contribution in [0.5, 0.6) is 0 Å². The highest BCUT2D eigenvalue weighted by Gasteiger charge is 2.15. The second kappa shape index (κ2) is 7.18. The minimum atomic E-state index is -0.367. The molecule has 0 saturated heterocycles. The highest BCUT2D eigenvalue weighted by atomic mass is 28.1. The zero-order valence-corrected chi connectivity index (χ0v) is 9.74. The monoisotopic (exact) mass is 189 g/mol. The van der Waals surface area contributed by atoms with E-state index in [1.165, 1.54) is 6.08 Å². The molecule has 5 heteroatoms. The maximum absolute atomic E-state index is 9.95. The van der Waals surface area contributed by atoms with Gasteiger partial charge in [-0.3, -0.25) is 0 Å². The van der Waals surface area contributed by atoms with Crippen LogP contribution in [0.2, 0.25) is 0 Å². The number of nitrogens with zero attached hydrogens (tertiary/aromatic N) is 1. The number of carbonyl (C=O) groups excluding carboxylic acids is 1. The standard InChI is InChI=1S/C7H15NO3Si/c1-3-10-7(11-4-2)6(12)8-5-9/h6-7H,3-4H2,1-2,12H3. The van der Waals surface area contributed by atoms with Crippen LogP contribution in [0.25, 0.3) is 0 Å². The van der Waals surface area contributed by atoms with Gasteiger partial charge in [0.05, 0.1) is 5.67 Å². The van der Waals surface area contributed by atoms with E-state index in [1.54, 1.807) is 0 Å². The third-order valence-corrected chi connectivity index (χ3v) is 2.11. The van der Waals surface area contributed by atoms with Gasteiger partial charge in [-0.15, -0.1) is 0 Å². The fraction of sp³-hybridized carbons (Fsp3) is 0.857. The predicted octanol–water partition coefficient (Wildman–Crippen LogP) is -0.587. The Kier molecular flexibility index (Phi) is 6.89. The highest BCUT2D eigenvalue weighted by molar-refractivity contribution is 6.12. The molecule has 0 bridgehead atoms. The lowest BCUT2D eigenvalue weighted by atomic mass is 10.6. The van der Waals surface area contributed by atoms with Crippen LogP contribution in [-0.4, -0.2) is 41.5 Å². The first-order chi connectivity index (χ1) is 5.76. The summed E-state index contributed by atoms with van der Waals surface area (Å²) >= 11 is 0. The number of isocyanates is 1. The van der Waals surface area contributed by atoms with Gasteiger partial charge in [-0.25, -0.2) is 9.79 Å². The van der Waals surface area contributed by atoms with Crippen molar-refractivity contribution in [2.45, 2.75) is 25.8 Å². The van der Waals surface area contributed by atoms with Gasteiger partial charge in [0, 0.05) is 23.5 Å². The molecule has 1 atom stereocenters. The van der Waals surface area contributed by atoms with Crippen molar-refractivity contribution in [2.75, 3.05) is 13.2 Å². The van der Waals surface area contributed by atoms with Gasteiger partial charge in [0.15, 0.2) is 6.29 Å².